The van der Waals surface area contributed by atoms with Gasteiger partial charge in [-0.3, -0.25) is 19.6 Å². The second-order valence-corrected chi connectivity index (χ2v) is 5.84. The van der Waals surface area contributed by atoms with Gasteiger partial charge < -0.3 is 10.2 Å². The van der Waals surface area contributed by atoms with E-state index >= 15 is 0 Å². The van der Waals surface area contributed by atoms with Crippen LogP contribution in [0.25, 0.3) is 0 Å². The number of nitrogens with one attached hydrogen (secondary N) is 1. The van der Waals surface area contributed by atoms with Crippen LogP contribution >= 0.6 is 0 Å². The quantitative estimate of drug-likeness (QED) is 0.866. The van der Waals surface area contributed by atoms with Crippen molar-refractivity contribution in [3.63, 3.8) is 0 Å². The van der Waals surface area contributed by atoms with Crippen LogP contribution in [0, 0.1) is 12.8 Å². The summed E-state index contributed by atoms with van der Waals surface area (Å²) in [6.07, 6.45) is 5.33. The Morgan fingerprint density at radius 1 is 1.35 bits per heavy atom. The molecule has 0 aromatic carbocycles. The molecule has 2 amide bonds. The van der Waals surface area contributed by atoms with Crippen molar-refractivity contribution in [3.05, 3.63) is 23.8 Å². The van der Waals surface area contributed by atoms with E-state index in [1.54, 1.807) is 17.3 Å². The van der Waals surface area contributed by atoms with E-state index in [-0.39, 0.29) is 24.3 Å². The lowest BCUT2D eigenvalue weighted by molar-refractivity contribution is -0.150. The Bertz CT molecular complexity index is 553. The van der Waals surface area contributed by atoms with E-state index in [2.05, 4.69) is 15.3 Å². The van der Waals surface area contributed by atoms with Crippen LogP contribution in [-0.4, -0.2) is 38.8 Å². The summed E-state index contributed by atoms with van der Waals surface area (Å²) in [6.45, 7) is 4.12. The van der Waals surface area contributed by atoms with Crippen molar-refractivity contribution in [1.29, 1.82) is 0 Å². The van der Waals surface area contributed by atoms with E-state index in [1.807, 2.05) is 13.8 Å². The average Bonchev–Trinajstić information content (AvgIpc) is 3.23. The fraction of sp³-hybridized carbons (Fsp3) is 0.571. The van der Waals surface area contributed by atoms with Crippen LogP contribution in [0.4, 0.5) is 0 Å². The summed E-state index contributed by atoms with van der Waals surface area (Å²) in [4.78, 5) is 34.5. The van der Waals surface area contributed by atoms with Gasteiger partial charge in [0.25, 0.3) is 0 Å². The van der Waals surface area contributed by atoms with Gasteiger partial charge in [-0.2, -0.15) is 0 Å². The van der Waals surface area contributed by atoms with E-state index < -0.39 is 5.54 Å². The van der Waals surface area contributed by atoms with Gasteiger partial charge in [0.1, 0.15) is 12.1 Å². The highest BCUT2D eigenvalue weighted by Crippen LogP contribution is 2.41. The largest absolute Gasteiger partial charge is 0.340 e. The maximum atomic E-state index is 12.6. The minimum atomic E-state index is -0.743. The fourth-order valence-electron chi connectivity index (χ4n) is 2.72. The molecule has 106 valence electrons. The number of hydrogen-bond acceptors (Lipinski definition) is 4. The van der Waals surface area contributed by atoms with Gasteiger partial charge in [-0.25, -0.2) is 0 Å². The van der Waals surface area contributed by atoms with E-state index in [0.717, 1.165) is 18.5 Å². The zero-order valence-electron chi connectivity index (χ0n) is 11.7. The SMILES string of the molecule is Cc1cnc(CN2CC(=O)NC(C)(C3CC3)C2=O)cn1. The number of piperazine rings is 1. The van der Waals surface area contributed by atoms with E-state index in [4.69, 9.17) is 0 Å². The Morgan fingerprint density at radius 2 is 2.10 bits per heavy atom. The number of hydrogen-bond donors (Lipinski definition) is 1. The van der Waals surface area contributed by atoms with Crippen molar-refractivity contribution in [1.82, 2.24) is 20.2 Å². The Balaban J connectivity index is 1.79. The van der Waals surface area contributed by atoms with Crippen molar-refractivity contribution in [2.24, 2.45) is 5.92 Å². The molecule has 6 heteroatoms. The van der Waals surface area contributed by atoms with Gasteiger partial charge >= 0.3 is 0 Å². The predicted octanol–water partition coefficient (Wildman–Crippen LogP) is 0.412. The van der Waals surface area contributed by atoms with Gasteiger partial charge in [-0.15, -0.1) is 0 Å². The summed E-state index contributed by atoms with van der Waals surface area (Å²) < 4.78 is 0. The lowest BCUT2D eigenvalue weighted by Gasteiger charge is -2.39. The fourth-order valence-corrected chi connectivity index (χ4v) is 2.72. The summed E-state index contributed by atoms with van der Waals surface area (Å²) in [5.41, 5.74) is 0.795. The number of carbonyl (C=O) groups is 2. The first kappa shape index (κ1) is 13.0. The molecule has 1 aromatic rings. The Hall–Kier alpha value is -1.98. The first-order valence-corrected chi connectivity index (χ1v) is 6.87. The Labute approximate surface area is 117 Å². The molecule has 0 radical (unpaired) electrons. The number of nitrogens with zero attached hydrogens (tertiary/aromatic N) is 3. The van der Waals surface area contributed by atoms with Gasteiger partial charge in [-0.1, -0.05) is 0 Å². The molecule has 2 fully saturated rings. The third-order valence-corrected chi connectivity index (χ3v) is 4.05. The maximum absolute atomic E-state index is 12.6. The Kier molecular flexibility index (Phi) is 2.96. The first-order valence-electron chi connectivity index (χ1n) is 6.87. The predicted molar refractivity (Wildman–Crippen MR) is 71.5 cm³/mol. The molecule has 2 heterocycles. The molecular formula is C14H18N4O2. The summed E-state index contributed by atoms with van der Waals surface area (Å²) in [5, 5.41) is 2.86. The maximum Gasteiger partial charge on any atom is 0.249 e. The average molecular weight is 274 g/mol. The molecule has 0 bridgehead atoms. The highest BCUT2D eigenvalue weighted by atomic mass is 16.2. The zero-order valence-corrected chi connectivity index (χ0v) is 11.7. The van der Waals surface area contributed by atoms with Crippen molar-refractivity contribution in [2.45, 2.75) is 38.8 Å². The molecule has 1 saturated heterocycles. The third kappa shape index (κ3) is 2.26. The summed E-state index contributed by atoms with van der Waals surface area (Å²) in [7, 11) is 0. The molecule has 20 heavy (non-hydrogen) atoms. The smallest absolute Gasteiger partial charge is 0.249 e. The van der Waals surface area contributed by atoms with Crippen LogP contribution in [0.3, 0.4) is 0 Å². The highest BCUT2D eigenvalue weighted by Gasteiger charge is 2.52. The number of rotatable bonds is 3. The summed E-state index contributed by atoms with van der Waals surface area (Å²) in [6, 6.07) is 0. The second-order valence-electron chi connectivity index (χ2n) is 5.84. The lowest BCUT2D eigenvalue weighted by Crippen LogP contribution is -2.66. The van der Waals surface area contributed by atoms with Crippen LogP contribution in [-0.2, 0) is 16.1 Å². The van der Waals surface area contributed by atoms with Crippen molar-refractivity contribution in [3.8, 4) is 0 Å². The Morgan fingerprint density at radius 3 is 2.70 bits per heavy atom. The normalized spacial score (nSPS) is 26.6. The molecule has 1 saturated carbocycles. The molecule has 1 unspecified atom stereocenters. The van der Waals surface area contributed by atoms with Gasteiger partial charge in [0, 0.05) is 6.20 Å². The van der Waals surface area contributed by atoms with Crippen molar-refractivity contribution < 1.29 is 9.59 Å². The summed E-state index contributed by atoms with van der Waals surface area (Å²) >= 11 is 0. The minimum absolute atomic E-state index is 0.0121. The molecular weight excluding hydrogens is 256 g/mol. The number of aromatic nitrogens is 2. The standard InChI is InChI=1S/C14H18N4O2/c1-9-5-16-11(6-15-9)7-18-8-12(19)17-14(2,13(18)20)10-3-4-10/h5-6,10H,3-4,7-8H2,1-2H3,(H,17,19). The molecule has 1 aromatic heterocycles. The lowest BCUT2D eigenvalue weighted by atomic mass is 9.91. The van der Waals surface area contributed by atoms with Crippen molar-refractivity contribution in [2.75, 3.05) is 6.54 Å². The molecule has 1 N–H and O–H groups in total. The number of aryl methyl sites for hydroxylation is 1. The molecule has 2 aliphatic rings. The minimum Gasteiger partial charge on any atom is -0.340 e. The van der Waals surface area contributed by atoms with E-state index in [1.165, 1.54) is 0 Å². The second kappa shape index (κ2) is 4.54. The number of carbonyl (C=O) groups excluding carboxylic acids is 2. The molecule has 6 nitrogen and oxygen atoms in total. The monoisotopic (exact) mass is 274 g/mol. The number of amides is 2. The topological polar surface area (TPSA) is 75.2 Å². The van der Waals surface area contributed by atoms with Crippen molar-refractivity contribution >= 4 is 11.8 Å². The molecule has 1 aliphatic carbocycles. The van der Waals surface area contributed by atoms with Crippen LogP contribution < -0.4 is 5.32 Å². The van der Waals surface area contributed by atoms with Crippen LogP contribution in [0.1, 0.15) is 31.2 Å². The molecule has 1 atom stereocenters. The van der Waals surface area contributed by atoms with E-state index in [0.29, 0.717) is 12.2 Å². The van der Waals surface area contributed by atoms with Gasteiger partial charge in [0.15, 0.2) is 0 Å². The van der Waals surface area contributed by atoms with Gasteiger partial charge in [0.2, 0.25) is 11.8 Å². The van der Waals surface area contributed by atoms with Gasteiger partial charge in [0.05, 0.1) is 24.1 Å². The van der Waals surface area contributed by atoms with Crippen LogP contribution in [0.5, 0.6) is 0 Å². The van der Waals surface area contributed by atoms with Crippen LogP contribution in [0.15, 0.2) is 12.4 Å². The summed E-state index contributed by atoms with van der Waals surface area (Å²) in [5.74, 6) is 0.159. The first-order chi connectivity index (χ1) is 9.49. The van der Waals surface area contributed by atoms with Gasteiger partial charge in [-0.05, 0) is 32.6 Å². The molecule has 3 rings (SSSR count). The zero-order chi connectivity index (χ0) is 14.3. The molecule has 0 spiro atoms. The highest BCUT2D eigenvalue weighted by molar-refractivity contribution is 5.98. The van der Waals surface area contributed by atoms with E-state index in [9.17, 15) is 9.59 Å². The third-order valence-electron chi connectivity index (χ3n) is 4.05. The molecule has 1 aliphatic heterocycles. The van der Waals surface area contributed by atoms with Crippen LogP contribution in [0.2, 0.25) is 0 Å².